The third-order valence-electron chi connectivity index (χ3n) is 5.81. The number of carbonyl (C=O) groups excluding carboxylic acids is 1. The average Bonchev–Trinajstić information content (AvgIpc) is 3.01. The van der Waals surface area contributed by atoms with Crippen LogP contribution < -0.4 is 5.32 Å². The van der Waals surface area contributed by atoms with Crippen LogP contribution in [0, 0.1) is 23.7 Å². The number of fused-ring (bicyclic) bond motifs is 2. The van der Waals surface area contributed by atoms with Crippen LogP contribution in [0.2, 0.25) is 0 Å². The molecule has 1 amide bonds. The maximum atomic E-state index is 12.6. The number of amides is 1. The third kappa shape index (κ3) is 2.72. The Bertz CT molecular complexity index is 359. The van der Waals surface area contributed by atoms with Gasteiger partial charge in [0.05, 0.1) is 0 Å². The second kappa shape index (κ2) is 5.38. The molecule has 3 aliphatic rings. The van der Waals surface area contributed by atoms with Crippen molar-refractivity contribution < 1.29 is 4.79 Å². The highest BCUT2D eigenvalue weighted by Gasteiger charge is 2.45. The van der Waals surface area contributed by atoms with Crippen LogP contribution in [0.25, 0.3) is 0 Å². The summed E-state index contributed by atoms with van der Waals surface area (Å²) in [7, 11) is 0. The van der Waals surface area contributed by atoms with Gasteiger partial charge in [0, 0.05) is 16.8 Å². The molecule has 2 nitrogen and oxygen atoms in total. The van der Waals surface area contributed by atoms with E-state index in [4.69, 9.17) is 0 Å². The first kappa shape index (κ1) is 13.9. The fourth-order valence-corrected chi connectivity index (χ4v) is 5.50. The molecular weight excluding hydrogens is 302 g/mol. The third-order valence-corrected chi connectivity index (χ3v) is 6.88. The summed E-state index contributed by atoms with van der Waals surface area (Å²) in [4.78, 5) is 12.6. The Balaban J connectivity index is 1.64. The maximum Gasteiger partial charge on any atom is 0.223 e. The summed E-state index contributed by atoms with van der Waals surface area (Å²) in [6.07, 6.45) is 10.00. The summed E-state index contributed by atoms with van der Waals surface area (Å²) in [6, 6.07) is 0. The van der Waals surface area contributed by atoms with Crippen LogP contribution in [0.4, 0.5) is 0 Å². The normalized spacial score (nSPS) is 45.4. The van der Waals surface area contributed by atoms with Gasteiger partial charge < -0.3 is 5.32 Å². The summed E-state index contributed by atoms with van der Waals surface area (Å²) >= 11 is 3.66. The number of nitrogens with one attached hydrogen (secondary N) is 1. The first-order chi connectivity index (χ1) is 9.12. The van der Waals surface area contributed by atoms with Crippen molar-refractivity contribution in [2.45, 2.75) is 63.8 Å². The molecule has 0 aromatic heterocycles. The minimum atomic E-state index is 0.0383. The van der Waals surface area contributed by atoms with E-state index >= 15 is 0 Å². The lowest BCUT2D eigenvalue weighted by Crippen LogP contribution is -2.54. The number of halogens is 1. The minimum absolute atomic E-state index is 0.0383. The summed E-state index contributed by atoms with van der Waals surface area (Å²) in [5.74, 6) is 2.98. The molecule has 0 heterocycles. The van der Waals surface area contributed by atoms with Crippen LogP contribution in [-0.2, 0) is 4.79 Å². The summed E-state index contributed by atoms with van der Waals surface area (Å²) < 4.78 is 0. The number of alkyl halides is 1. The smallest absolute Gasteiger partial charge is 0.223 e. The topological polar surface area (TPSA) is 29.1 Å². The van der Waals surface area contributed by atoms with E-state index < -0.39 is 0 Å². The summed E-state index contributed by atoms with van der Waals surface area (Å²) in [5.41, 5.74) is 0.0383. The van der Waals surface area contributed by atoms with Crippen LogP contribution in [-0.4, -0.2) is 16.8 Å². The van der Waals surface area contributed by atoms with Gasteiger partial charge in [-0.1, -0.05) is 42.1 Å². The second-order valence-corrected chi connectivity index (χ2v) is 7.95. The Hall–Kier alpha value is -0.0500. The van der Waals surface area contributed by atoms with Gasteiger partial charge in [0.2, 0.25) is 5.91 Å². The molecule has 0 spiro atoms. The highest BCUT2D eigenvalue weighted by Crippen LogP contribution is 2.48. The zero-order valence-corrected chi connectivity index (χ0v) is 13.5. The molecule has 3 rings (SSSR count). The average molecular weight is 328 g/mol. The first-order valence-electron chi connectivity index (χ1n) is 8.00. The van der Waals surface area contributed by atoms with E-state index in [1.54, 1.807) is 0 Å². The minimum Gasteiger partial charge on any atom is -0.350 e. The predicted octanol–water partition coefficient (Wildman–Crippen LogP) is 3.88. The standard InChI is InChI=1S/C16H26BrNO/c1-11-3-2-6-16(9-11,10-17)18-15(19)14-8-12-4-5-13(14)7-12/h11-14H,2-10H2,1H3,(H,18,19). The number of carbonyl (C=O) groups is 1. The SMILES string of the molecule is CC1CCCC(CBr)(NC(=O)C2CC3CCC2C3)C1. The molecule has 0 aromatic rings. The zero-order valence-electron chi connectivity index (χ0n) is 12.0. The molecule has 19 heavy (non-hydrogen) atoms. The zero-order chi connectivity index (χ0) is 13.5. The van der Waals surface area contributed by atoms with Gasteiger partial charge in [-0.15, -0.1) is 0 Å². The number of hydrogen-bond donors (Lipinski definition) is 1. The van der Waals surface area contributed by atoms with Gasteiger partial charge in [0.1, 0.15) is 0 Å². The molecule has 0 radical (unpaired) electrons. The van der Waals surface area contributed by atoms with E-state index in [-0.39, 0.29) is 5.54 Å². The molecule has 0 saturated heterocycles. The Morgan fingerprint density at radius 1 is 1.32 bits per heavy atom. The molecule has 3 fully saturated rings. The van der Waals surface area contributed by atoms with Gasteiger partial charge in [-0.2, -0.15) is 0 Å². The molecular formula is C16H26BrNO. The molecule has 3 heteroatoms. The largest absolute Gasteiger partial charge is 0.350 e. The fraction of sp³-hybridized carbons (Fsp3) is 0.938. The summed E-state index contributed by atoms with van der Waals surface area (Å²) in [6.45, 7) is 2.32. The molecule has 5 unspecified atom stereocenters. The maximum absolute atomic E-state index is 12.6. The van der Waals surface area contributed by atoms with E-state index in [1.165, 1.54) is 32.1 Å². The van der Waals surface area contributed by atoms with E-state index in [0.717, 1.165) is 36.4 Å². The van der Waals surface area contributed by atoms with E-state index in [1.807, 2.05) is 0 Å². The number of rotatable bonds is 3. The lowest BCUT2D eigenvalue weighted by Gasteiger charge is -2.40. The Morgan fingerprint density at radius 2 is 2.16 bits per heavy atom. The molecule has 108 valence electrons. The van der Waals surface area contributed by atoms with E-state index in [2.05, 4.69) is 28.2 Å². The Labute approximate surface area is 125 Å². The monoisotopic (exact) mass is 327 g/mol. The van der Waals surface area contributed by atoms with Crippen LogP contribution >= 0.6 is 15.9 Å². The van der Waals surface area contributed by atoms with Crippen molar-refractivity contribution in [1.82, 2.24) is 5.32 Å². The van der Waals surface area contributed by atoms with Crippen molar-refractivity contribution >= 4 is 21.8 Å². The fourth-order valence-electron chi connectivity index (χ4n) is 4.85. The van der Waals surface area contributed by atoms with Gasteiger partial charge in [0.25, 0.3) is 0 Å². The van der Waals surface area contributed by atoms with Gasteiger partial charge in [-0.3, -0.25) is 4.79 Å². The molecule has 5 atom stereocenters. The molecule has 3 saturated carbocycles. The van der Waals surface area contributed by atoms with Gasteiger partial charge in [0.15, 0.2) is 0 Å². The highest BCUT2D eigenvalue weighted by atomic mass is 79.9. The predicted molar refractivity (Wildman–Crippen MR) is 81.2 cm³/mol. The van der Waals surface area contributed by atoms with Crippen LogP contribution in [0.15, 0.2) is 0 Å². The van der Waals surface area contributed by atoms with Crippen molar-refractivity contribution in [2.24, 2.45) is 23.7 Å². The van der Waals surface area contributed by atoms with Crippen molar-refractivity contribution in [3.8, 4) is 0 Å². The van der Waals surface area contributed by atoms with Gasteiger partial charge in [-0.25, -0.2) is 0 Å². The lowest BCUT2D eigenvalue weighted by molar-refractivity contribution is -0.128. The highest BCUT2D eigenvalue weighted by molar-refractivity contribution is 9.09. The van der Waals surface area contributed by atoms with Crippen molar-refractivity contribution in [1.29, 1.82) is 0 Å². The molecule has 2 bridgehead atoms. The lowest BCUT2D eigenvalue weighted by atomic mass is 9.77. The summed E-state index contributed by atoms with van der Waals surface area (Å²) in [5, 5.41) is 4.37. The molecule has 3 aliphatic carbocycles. The number of hydrogen-bond acceptors (Lipinski definition) is 1. The van der Waals surface area contributed by atoms with Crippen LogP contribution in [0.5, 0.6) is 0 Å². The quantitative estimate of drug-likeness (QED) is 0.783. The van der Waals surface area contributed by atoms with Crippen LogP contribution in [0.1, 0.15) is 58.3 Å². The molecule has 1 N–H and O–H groups in total. The van der Waals surface area contributed by atoms with Crippen molar-refractivity contribution in [3.05, 3.63) is 0 Å². The van der Waals surface area contributed by atoms with Crippen molar-refractivity contribution in [2.75, 3.05) is 5.33 Å². The molecule has 0 aliphatic heterocycles. The van der Waals surface area contributed by atoms with Crippen molar-refractivity contribution in [3.63, 3.8) is 0 Å². The Kier molecular flexibility index (Phi) is 3.94. The van der Waals surface area contributed by atoms with Gasteiger partial charge in [-0.05, 0) is 49.9 Å². The van der Waals surface area contributed by atoms with Gasteiger partial charge >= 0.3 is 0 Å². The first-order valence-corrected chi connectivity index (χ1v) is 9.12. The van der Waals surface area contributed by atoms with Crippen LogP contribution in [0.3, 0.4) is 0 Å². The van der Waals surface area contributed by atoms with E-state index in [9.17, 15) is 4.79 Å². The molecule has 0 aromatic carbocycles. The second-order valence-electron chi connectivity index (χ2n) is 7.39. The Morgan fingerprint density at radius 3 is 2.74 bits per heavy atom. The van der Waals surface area contributed by atoms with E-state index in [0.29, 0.717) is 17.7 Å².